The summed E-state index contributed by atoms with van der Waals surface area (Å²) < 4.78 is 14.6. The normalized spacial score (nSPS) is 10.8. The summed E-state index contributed by atoms with van der Waals surface area (Å²) in [6.45, 7) is 3.66. The van der Waals surface area contributed by atoms with Gasteiger partial charge < -0.3 is 14.2 Å². The number of carbonyl (C=O) groups is 3. The third-order valence-electron chi connectivity index (χ3n) is 2.51. The first-order chi connectivity index (χ1) is 10.5. The molecule has 0 aliphatic heterocycles. The van der Waals surface area contributed by atoms with Crippen LogP contribution in [0.2, 0.25) is 0 Å². The highest BCUT2D eigenvalue weighted by Crippen LogP contribution is 2.25. The number of carbonyl (C=O) groups excluding carboxylic acids is 3. The third kappa shape index (κ3) is 5.66. The summed E-state index contributed by atoms with van der Waals surface area (Å²) in [5.74, 6) is -0.607. The van der Waals surface area contributed by atoms with Gasteiger partial charge in [0.1, 0.15) is 12.4 Å². The Bertz CT molecular complexity index is 594. The van der Waals surface area contributed by atoms with E-state index in [1.165, 1.54) is 13.0 Å². The van der Waals surface area contributed by atoms with E-state index in [2.05, 4.69) is 9.24 Å². The highest BCUT2D eigenvalue weighted by atomic mass is 31.0. The lowest BCUT2D eigenvalue weighted by atomic mass is 10.1. The molecule has 0 fully saturated rings. The summed E-state index contributed by atoms with van der Waals surface area (Å²) in [7, 11) is 2.27. The lowest BCUT2D eigenvalue weighted by Gasteiger charge is -2.08. The number of esters is 2. The highest BCUT2D eigenvalue weighted by Gasteiger charge is 2.09. The molecule has 0 bridgehead atoms. The minimum Gasteiger partial charge on any atom is -0.462 e. The van der Waals surface area contributed by atoms with Crippen LogP contribution >= 0.6 is 9.24 Å². The first kappa shape index (κ1) is 17.9. The van der Waals surface area contributed by atoms with Crippen LogP contribution in [0.1, 0.15) is 25.0 Å². The lowest BCUT2D eigenvalue weighted by molar-refractivity contribution is -0.142. The molecule has 1 aromatic rings. The van der Waals surface area contributed by atoms with Crippen LogP contribution in [0.4, 0.5) is 0 Å². The maximum Gasteiger partial charge on any atom is 0.338 e. The molecule has 22 heavy (non-hydrogen) atoms. The van der Waals surface area contributed by atoms with Crippen molar-refractivity contribution in [2.75, 3.05) is 6.61 Å². The second-order valence-corrected chi connectivity index (χ2v) is 4.81. The fourth-order valence-electron chi connectivity index (χ4n) is 1.59. The third-order valence-corrected chi connectivity index (χ3v) is 2.92. The molecule has 118 valence electrons. The van der Waals surface area contributed by atoms with E-state index < -0.39 is 11.9 Å². The Morgan fingerprint density at radius 2 is 2.00 bits per heavy atom. The average Bonchev–Trinajstić information content (AvgIpc) is 2.47. The molecule has 0 radical (unpaired) electrons. The van der Waals surface area contributed by atoms with Gasteiger partial charge in [0.05, 0.1) is 11.9 Å². The van der Waals surface area contributed by atoms with E-state index >= 15 is 0 Å². The topological polar surface area (TPSA) is 78.9 Å². The maximum absolute atomic E-state index is 11.6. The molecule has 0 amide bonds. The Balaban J connectivity index is 3.08. The van der Waals surface area contributed by atoms with Gasteiger partial charge in [-0.25, -0.2) is 4.79 Å². The summed E-state index contributed by atoms with van der Waals surface area (Å²) in [6.07, 6.45) is 1.51. The van der Waals surface area contributed by atoms with Crippen LogP contribution in [-0.2, 0) is 30.5 Å². The van der Waals surface area contributed by atoms with E-state index in [1.807, 2.05) is 0 Å². The fourth-order valence-corrected chi connectivity index (χ4v) is 1.85. The lowest BCUT2D eigenvalue weighted by Crippen LogP contribution is -2.04. The predicted molar refractivity (Wildman–Crippen MR) is 82.9 cm³/mol. The van der Waals surface area contributed by atoms with Crippen LogP contribution in [0, 0.1) is 0 Å². The molecule has 7 heteroatoms. The van der Waals surface area contributed by atoms with Crippen LogP contribution in [0.3, 0.4) is 0 Å². The molecule has 1 unspecified atom stereocenters. The van der Waals surface area contributed by atoms with Crippen molar-refractivity contribution in [3.05, 3.63) is 34.6 Å². The van der Waals surface area contributed by atoms with Crippen molar-refractivity contribution in [2.45, 2.75) is 20.5 Å². The smallest absolute Gasteiger partial charge is 0.338 e. The van der Waals surface area contributed by atoms with Crippen molar-refractivity contribution in [1.82, 2.24) is 0 Å². The molecule has 0 N–H and O–H groups in total. The largest absolute Gasteiger partial charge is 0.462 e. The number of hydrogen-bond donors (Lipinski definition) is 0. The molecule has 0 aliphatic rings. The monoisotopic (exact) mass is 324 g/mol. The van der Waals surface area contributed by atoms with Crippen molar-refractivity contribution in [2.24, 2.45) is 0 Å². The van der Waals surface area contributed by atoms with Gasteiger partial charge in [-0.1, -0.05) is 15.3 Å². The van der Waals surface area contributed by atoms with Crippen LogP contribution in [0.15, 0.2) is 23.5 Å². The Morgan fingerprint density at radius 3 is 2.59 bits per heavy atom. The summed E-state index contributed by atoms with van der Waals surface area (Å²) in [6, 6.07) is 4.87. The van der Waals surface area contributed by atoms with Crippen LogP contribution in [0.25, 0.3) is 6.08 Å². The summed E-state index contributed by atoms with van der Waals surface area (Å²) in [4.78, 5) is 33.0. The summed E-state index contributed by atoms with van der Waals surface area (Å²) in [5, 5.41) is 0.280. The summed E-state index contributed by atoms with van der Waals surface area (Å²) in [5.41, 5.74) is 1.19. The second-order valence-electron chi connectivity index (χ2n) is 4.19. The van der Waals surface area contributed by atoms with Gasteiger partial charge in [-0.15, -0.1) is 0 Å². The quantitative estimate of drug-likeness (QED) is 0.331. The predicted octanol–water partition coefficient (Wildman–Crippen LogP) is 2.06. The van der Waals surface area contributed by atoms with Gasteiger partial charge in [-0.05, 0) is 30.7 Å². The van der Waals surface area contributed by atoms with Gasteiger partial charge in [0, 0.05) is 12.5 Å². The van der Waals surface area contributed by atoms with Crippen molar-refractivity contribution < 1.29 is 28.6 Å². The van der Waals surface area contributed by atoms with Gasteiger partial charge >= 0.3 is 11.9 Å². The molecular formula is C15H17O6P. The van der Waals surface area contributed by atoms with Crippen molar-refractivity contribution in [1.29, 1.82) is 0 Å². The molecule has 1 atom stereocenters. The zero-order chi connectivity index (χ0) is 16.5. The van der Waals surface area contributed by atoms with Crippen LogP contribution in [-0.4, -0.2) is 25.0 Å². The number of hydrogen-bond acceptors (Lipinski definition) is 6. The summed E-state index contributed by atoms with van der Waals surface area (Å²) >= 11 is 0. The zero-order valence-corrected chi connectivity index (χ0v) is 13.5. The molecule has 0 aromatic heterocycles. The van der Waals surface area contributed by atoms with Crippen molar-refractivity contribution in [3.63, 3.8) is 0 Å². The molecule has 1 rings (SSSR count). The Hall–Kier alpha value is -2.20. The molecule has 0 heterocycles. The molecule has 6 nitrogen and oxygen atoms in total. The number of benzene rings is 1. The highest BCUT2D eigenvalue weighted by molar-refractivity contribution is 7.25. The van der Waals surface area contributed by atoms with Gasteiger partial charge in [0.15, 0.2) is 0 Å². The Morgan fingerprint density at radius 1 is 1.27 bits per heavy atom. The minimum absolute atomic E-state index is 0.0864. The van der Waals surface area contributed by atoms with E-state index in [0.29, 0.717) is 17.6 Å². The van der Waals surface area contributed by atoms with E-state index in [4.69, 9.17) is 14.2 Å². The Kier molecular flexibility index (Phi) is 7.26. The standard InChI is InChI=1S/C15H17O6P/c1-3-19-15(18)14(22)7-12-6-11(8-20-10(2)17)4-5-13(12)21-9-16/h4-7,9H,3,8,22H2,1-2H3/b14-7-. The molecule has 0 saturated carbocycles. The first-order valence-corrected chi connectivity index (χ1v) is 7.06. The molecule has 0 aliphatic carbocycles. The SMILES string of the molecule is CCOC(=O)/C(P)=C/c1cc(COC(C)=O)ccc1OC=O. The Labute approximate surface area is 130 Å². The van der Waals surface area contributed by atoms with E-state index in [0.717, 1.165) is 0 Å². The van der Waals surface area contributed by atoms with Crippen LogP contribution in [0.5, 0.6) is 5.75 Å². The number of rotatable bonds is 7. The van der Waals surface area contributed by atoms with Gasteiger partial charge in [-0.3, -0.25) is 9.59 Å². The van der Waals surface area contributed by atoms with E-state index in [1.54, 1.807) is 25.1 Å². The average molecular weight is 324 g/mol. The fraction of sp³-hybridized carbons (Fsp3) is 0.267. The zero-order valence-electron chi connectivity index (χ0n) is 12.3. The molecule has 0 spiro atoms. The van der Waals surface area contributed by atoms with Gasteiger partial charge in [0.2, 0.25) is 0 Å². The molecular weight excluding hydrogens is 307 g/mol. The maximum atomic E-state index is 11.6. The van der Waals surface area contributed by atoms with E-state index in [9.17, 15) is 14.4 Å². The van der Waals surface area contributed by atoms with E-state index in [-0.39, 0.29) is 24.3 Å². The van der Waals surface area contributed by atoms with Crippen LogP contribution < -0.4 is 4.74 Å². The van der Waals surface area contributed by atoms with Gasteiger partial charge in [-0.2, -0.15) is 0 Å². The van der Waals surface area contributed by atoms with Gasteiger partial charge in [0.25, 0.3) is 6.47 Å². The second kappa shape index (κ2) is 8.95. The molecule has 1 aromatic carbocycles. The number of ether oxygens (including phenoxy) is 3. The van der Waals surface area contributed by atoms with Crippen molar-refractivity contribution in [3.8, 4) is 5.75 Å². The first-order valence-electron chi connectivity index (χ1n) is 6.48. The molecule has 0 saturated heterocycles. The van der Waals surface area contributed by atoms with Crippen molar-refractivity contribution >= 4 is 33.7 Å². The minimum atomic E-state index is -0.491.